The first kappa shape index (κ1) is 21.6. The van der Waals surface area contributed by atoms with Crippen molar-refractivity contribution in [3.05, 3.63) is 55.9 Å². The van der Waals surface area contributed by atoms with Gasteiger partial charge in [-0.1, -0.05) is 6.07 Å². The van der Waals surface area contributed by atoms with Crippen molar-refractivity contribution < 1.29 is 9.53 Å². The van der Waals surface area contributed by atoms with E-state index in [-0.39, 0.29) is 11.5 Å². The lowest BCUT2D eigenvalue weighted by molar-refractivity contribution is -0.130. The number of rotatable bonds is 7. The molecule has 31 heavy (non-hydrogen) atoms. The molecule has 164 valence electrons. The minimum atomic E-state index is -0.0675. The molecule has 0 unspecified atom stereocenters. The maximum atomic E-state index is 12.6. The van der Waals surface area contributed by atoms with Crippen LogP contribution in [0.1, 0.15) is 46.7 Å². The molecule has 0 atom stereocenters. The van der Waals surface area contributed by atoms with Gasteiger partial charge in [0.15, 0.2) is 0 Å². The lowest BCUT2D eigenvalue weighted by Crippen LogP contribution is -2.31. The number of hydrogen-bond acceptors (Lipinski definition) is 5. The van der Waals surface area contributed by atoms with Gasteiger partial charge in [-0.15, -0.1) is 11.3 Å². The number of H-pyrrole nitrogens is 1. The molecule has 1 aromatic carbocycles. The Balaban J connectivity index is 1.32. The minimum Gasteiger partial charge on any atom is -0.492 e. The molecule has 1 aliphatic carbocycles. The summed E-state index contributed by atoms with van der Waals surface area (Å²) in [5, 5.41) is 0.760. The number of carbonyl (C=O) groups is 1. The zero-order valence-electron chi connectivity index (χ0n) is 18.4. The number of aromatic nitrogens is 2. The van der Waals surface area contributed by atoms with Crippen LogP contribution in [0, 0.1) is 13.8 Å². The van der Waals surface area contributed by atoms with Crippen LogP contribution >= 0.6 is 11.3 Å². The largest absolute Gasteiger partial charge is 0.492 e. The topological polar surface area (TPSA) is 75.3 Å². The highest BCUT2D eigenvalue weighted by molar-refractivity contribution is 7.18. The van der Waals surface area contributed by atoms with Gasteiger partial charge in [-0.05, 0) is 68.4 Å². The number of ether oxygens (including phenoxy) is 1. The Hall–Kier alpha value is -2.67. The summed E-state index contributed by atoms with van der Waals surface area (Å²) in [5.41, 5.74) is 3.43. The van der Waals surface area contributed by atoms with Crippen LogP contribution in [-0.2, 0) is 24.1 Å². The van der Waals surface area contributed by atoms with Crippen molar-refractivity contribution in [3.8, 4) is 5.75 Å². The third-order valence-electron chi connectivity index (χ3n) is 5.77. The molecule has 0 bridgehead atoms. The molecule has 0 spiro atoms. The van der Waals surface area contributed by atoms with Crippen LogP contribution in [0.25, 0.3) is 10.2 Å². The number of aryl methyl sites for hydroxylation is 5. The lowest BCUT2D eigenvalue weighted by Gasteiger charge is -2.17. The van der Waals surface area contributed by atoms with E-state index in [0.717, 1.165) is 46.4 Å². The smallest absolute Gasteiger partial charge is 0.259 e. The van der Waals surface area contributed by atoms with Gasteiger partial charge in [0, 0.05) is 24.8 Å². The summed E-state index contributed by atoms with van der Waals surface area (Å²) in [6.45, 7) is 5.02. The number of aromatic amines is 1. The van der Waals surface area contributed by atoms with Crippen LogP contribution in [0.5, 0.6) is 5.75 Å². The van der Waals surface area contributed by atoms with Crippen LogP contribution in [0.4, 0.5) is 0 Å². The van der Waals surface area contributed by atoms with E-state index in [1.165, 1.54) is 16.9 Å². The van der Waals surface area contributed by atoms with Crippen LogP contribution < -0.4 is 10.3 Å². The standard InChI is InChI=1S/C24H29N3O3S/c1-15-12-16(2)14-17(13-15)30-11-10-27(3)21(28)9-8-20-25-23(29)22-18-6-4-5-7-19(18)31-24(22)26-20/h12-14H,4-11H2,1-3H3,(H,25,26,29). The van der Waals surface area contributed by atoms with Gasteiger partial charge in [-0.25, -0.2) is 4.98 Å². The van der Waals surface area contributed by atoms with Gasteiger partial charge in [0.05, 0.1) is 11.9 Å². The van der Waals surface area contributed by atoms with Crippen LogP contribution in [0.2, 0.25) is 0 Å². The second kappa shape index (κ2) is 9.22. The number of amides is 1. The number of fused-ring (bicyclic) bond motifs is 3. The van der Waals surface area contributed by atoms with Gasteiger partial charge in [-0.2, -0.15) is 0 Å². The molecule has 0 aliphatic heterocycles. The summed E-state index contributed by atoms with van der Waals surface area (Å²) < 4.78 is 5.80. The Bertz CT molecular complexity index is 1140. The van der Waals surface area contributed by atoms with Crippen molar-refractivity contribution >= 4 is 27.5 Å². The second-order valence-electron chi connectivity index (χ2n) is 8.39. The van der Waals surface area contributed by atoms with E-state index >= 15 is 0 Å². The van der Waals surface area contributed by atoms with Crippen molar-refractivity contribution in [1.82, 2.24) is 14.9 Å². The van der Waals surface area contributed by atoms with E-state index in [2.05, 4.69) is 16.0 Å². The first-order valence-electron chi connectivity index (χ1n) is 10.9. The average molecular weight is 440 g/mol. The molecule has 1 amide bonds. The van der Waals surface area contributed by atoms with Crippen LogP contribution in [0.15, 0.2) is 23.0 Å². The number of carbonyl (C=O) groups excluding carboxylic acids is 1. The van der Waals surface area contributed by atoms with E-state index in [1.54, 1.807) is 23.3 Å². The zero-order valence-corrected chi connectivity index (χ0v) is 19.2. The number of hydrogen-bond donors (Lipinski definition) is 1. The summed E-state index contributed by atoms with van der Waals surface area (Å²) in [6, 6.07) is 6.09. The fourth-order valence-electron chi connectivity index (χ4n) is 4.18. The molecule has 7 heteroatoms. The Labute approximate surface area is 186 Å². The SMILES string of the molecule is Cc1cc(C)cc(OCCN(C)C(=O)CCc2nc3sc4c(c3c(=O)[nH]2)CCCC4)c1. The van der Waals surface area contributed by atoms with Crippen molar-refractivity contribution in [1.29, 1.82) is 0 Å². The number of thiophene rings is 1. The normalized spacial score (nSPS) is 13.3. The number of likely N-dealkylation sites (N-methyl/N-ethyl adjacent to an activating group) is 1. The van der Waals surface area contributed by atoms with E-state index < -0.39 is 0 Å². The van der Waals surface area contributed by atoms with E-state index in [1.807, 2.05) is 26.0 Å². The summed E-state index contributed by atoms with van der Waals surface area (Å²) in [6.07, 6.45) is 5.05. The van der Waals surface area contributed by atoms with Gasteiger partial charge < -0.3 is 14.6 Å². The molecule has 2 aromatic heterocycles. The third kappa shape index (κ3) is 4.98. The quantitative estimate of drug-likeness (QED) is 0.605. The van der Waals surface area contributed by atoms with E-state index in [0.29, 0.717) is 31.8 Å². The lowest BCUT2D eigenvalue weighted by atomic mass is 9.97. The third-order valence-corrected chi connectivity index (χ3v) is 6.95. The summed E-state index contributed by atoms with van der Waals surface area (Å²) in [4.78, 5) is 36.5. The fourth-order valence-corrected chi connectivity index (χ4v) is 5.47. The molecular weight excluding hydrogens is 410 g/mol. The van der Waals surface area contributed by atoms with Gasteiger partial charge in [0.1, 0.15) is 23.0 Å². The molecule has 1 N–H and O–H groups in total. The number of benzene rings is 1. The maximum absolute atomic E-state index is 12.6. The molecule has 4 rings (SSSR count). The van der Waals surface area contributed by atoms with E-state index in [9.17, 15) is 9.59 Å². The number of nitrogens with zero attached hydrogens (tertiary/aromatic N) is 2. The van der Waals surface area contributed by atoms with Crippen molar-refractivity contribution in [2.75, 3.05) is 20.2 Å². The van der Waals surface area contributed by atoms with Gasteiger partial charge >= 0.3 is 0 Å². The molecule has 6 nitrogen and oxygen atoms in total. The van der Waals surface area contributed by atoms with Gasteiger partial charge in [-0.3, -0.25) is 9.59 Å². The first-order valence-corrected chi connectivity index (χ1v) is 11.7. The van der Waals surface area contributed by atoms with Crippen molar-refractivity contribution in [2.45, 2.75) is 52.4 Å². The molecule has 1 aliphatic rings. The monoisotopic (exact) mass is 439 g/mol. The average Bonchev–Trinajstić information content (AvgIpc) is 3.10. The number of nitrogens with one attached hydrogen (secondary N) is 1. The van der Waals surface area contributed by atoms with Gasteiger partial charge in [0.25, 0.3) is 5.56 Å². The Morgan fingerprint density at radius 3 is 2.71 bits per heavy atom. The minimum absolute atomic E-state index is 0.0113. The molecule has 0 radical (unpaired) electrons. The zero-order chi connectivity index (χ0) is 22.0. The second-order valence-corrected chi connectivity index (χ2v) is 9.47. The highest BCUT2D eigenvalue weighted by Gasteiger charge is 2.20. The van der Waals surface area contributed by atoms with E-state index in [4.69, 9.17) is 4.74 Å². The van der Waals surface area contributed by atoms with Crippen molar-refractivity contribution in [3.63, 3.8) is 0 Å². The van der Waals surface area contributed by atoms with Gasteiger partial charge in [0.2, 0.25) is 5.91 Å². The molecule has 0 saturated heterocycles. The van der Waals surface area contributed by atoms with Crippen molar-refractivity contribution in [2.24, 2.45) is 0 Å². The van der Waals surface area contributed by atoms with Crippen LogP contribution in [-0.4, -0.2) is 41.0 Å². The fraction of sp³-hybridized carbons (Fsp3) is 0.458. The molecule has 3 aromatic rings. The Morgan fingerprint density at radius 1 is 1.19 bits per heavy atom. The summed E-state index contributed by atoms with van der Waals surface area (Å²) in [5.74, 6) is 1.42. The molecule has 0 fully saturated rings. The molecule has 0 saturated carbocycles. The Kier molecular flexibility index (Phi) is 6.41. The summed E-state index contributed by atoms with van der Waals surface area (Å²) >= 11 is 1.64. The molecular formula is C24H29N3O3S. The highest BCUT2D eigenvalue weighted by atomic mass is 32.1. The first-order chi connectivity index (χ1) is 14.9. The van der Waals surface area contributed by atoms with Crippen LogP contribution in [0.3, 0.4) is 0 Å². The Morgan fingerprint density at radius 2 is 1.94 bits per heavy atom. The highest BCUT2D eigenvalue weighted by Crippen LogP contribution is 2.33. The predicted molar refractivity (Wildman–Crippen MR) is 124 cm³/mol. The molecule has 2 heterocycles. The maximum Gasteiger partial charge on any atom is 0.259 e. The predicted octanol–water partition coefficient (Wildman–Crippen LogP) is 3.95. The summed E-state index contributed by atoms with van der Waals surface area (Å²) in [7, 11) is 1.78.